The van der Waals surface area contributed by atoms with Gasteiger partial charge in [0.05, 0.1) is 6.54 Å². The van der Waals surface area contributed by atoms with Gasteiger partial charge in [-0.3, -0.25) is 0 Å². The van der Waals surface area contributed by atoms with Crippen molar-refractivity contribution >= 4 is 12.1 Å². The summed E-state index contributed by atoms with van der Waals surface area (Å²) >= 11 is 0. The van der Waals surface area contributed by atoms with Gasteiger partial charge in [0, 0.05) is 0 Å². The number of carboxylic acid groups (broad SMARTS) is 1. The maximum absolute atomic E-state index is 12.8. The van der Waals surface area contributed by atoms with Crippen LogP contribution in [0.25, 0.3) is 0 Å². The molecule has 126 valence electrons. The number of hydrogen-bond donors (Lipinski definition) is 2. The molecule has 0 bridgehead atoms. The summed E-state index contributed by atoms with van der Waals surface area (Å²) in [4.78, 5) is 22.8. The molecule has 2 aromatic rings. The molecular formula is C17H16FNO5. The van der Waals surface area contributed by atoms with Gasteiger partial charge in [-0.25, -0.2) is 14.0 Å². The van der Waals surface area contributed by atoms with Crippen LogP contribution in [0, 0.1) is 5.82 Å². The third-order valence-corrected chi connectivity index (χ3v) is 3.01. The predicted octanol–water partition coefficient (Wildman–Crippen LogP) is 2.58. The van der Waals surface area contributed by atoms with Gasteiger partial charge in [0.15, 0.2) is 0 Å². The second-order valence-electron chi connectivity index (χ2n) is 4.84. The first kappa shape index (κ1) is 17.3. The van der Waals surface area contributed by atoms with E-state index in [0.29, 0.717) is 0 Å². The standard InChI is InChI=1S/C17H16FNO5/c18-13-6-8-14(9-7-13)24-15(16(20)21)10-19-17(22)23-11-12-4-2-1-3-5-12/h1-9,15H,10-11H2,(H,19,22)(H,20,21). The number of carbonyl (C=O) groups excluding carboxylic acids is 1. The number of carbonyl (C=O) groups is 2. The molecule has 0 aliphatic heterocycles. The quantitative estimate of drug-likeness (QED) is 0.813. The van der Waals surface area contributed by atoms with Crippen molar-refractivity contribution in [2.45, 2.75) is 12.7 Å². The van der Waals surface area contributed by atoms with E-state index in [-0.39, 0.29) is 18.9 Å². The third-order valence-electron chi connectivity index (χ3n) is 3.01. The fourth-order valence-electron chi connectivity index (χ4n) is 1.81. The van der Waals surface area contributed by atoms with Gasteiger partial charge in [-0.05, 0) is 29.8 Å². The number of ether oxygens (including phenoxy) is 2. The average Bonchev–Trinajstić information content (AvgIpc) is 2.59. The Kier molecular flexibility index (Phi) is 6.13. The van der Waals surface area contributed by atoms with E-state index >= 15 is 0 Å². The summed E-state index contributed by atoms with van der Waals surface area (Å²) in [6.45, 7) is -0.219. The van der Waals surface area contributed by atoms with Crippen LogP contribution >= 0.6 is 0 Å². The topological polar surface area (TPSA) is 84.9 Å². The minimum Gasteiger partial charge on any atom is -0.478 e. The van der Waals surface area contributed by atoms with E-state index in [1.165, 1.54) is 12.1 Å². The van der Waals surface area contributed by atoms with Crippen molar-refractivity contribution in [2.75, 3.05) is 6.54 Å². The van der Waals surface area contributed by atoms with E-state index in [1.54, 1.807) is 12.1 Å². The molecule has 0 fully saturated rings. The van der Waals surface area contributed by atoms with Crippen molar-refractivity contribution < 1.29 is 28.6 Å². The molecule has 0 aliphatic rings. The summed E-state index contributed by atoms with van der Waals surface area (Å²) in [5.74, 6) is -1.54. The number of hydrogen-bond acceptors (Lipinski definition) is 4. The Morgan fingerprint density at radius 1 is 1.08 bits per heavy atom. The van der Waals surface area contributed by atoms with Crippen LogP contribution in [0.2, 0.25) is 0 Å². The summed E-state index contributed by atoms with van der Waals surface area (Å²) in [6, 6.07) is 14.0. The van der Waals surface area contributed by atoms with E-state index in [4.69, 9.17) is 14.6 Å². The van der Waals surface area contributed by atoms with Crippen molar-refractivity contribution in [1.29, 1.82) is 0 Å². The Labute approximate surface area is 137 Å². The second-order valence-corrected chi connectivity index (χ2v) is 4.84. The van der Waals surface area contributed by atoms with Crippen LogP contribution in [-0.4, -0.2) is 29.8 Å². The Balaban J connectivity index is 1.81. The van der Waals surface area contributed by atoms with Crippen LogP contribution in [0.3, 0.4) is 0 Å². The number of carboxylic acids is 1. The van der Waals surface area contributed by atoms with E-state index < -0.39 is 24.0 Å². The summed E-state index contributed by atoms with van der Waals surface area (Å²) < 4.78 is 23.0. The number of alkyl carbamates (subject to hydrolysis) is 1. The molecule has 0 radical (unpaired) electrons. The highest BCUT2D eigenvalue weighted by molar-refractivity contribution is 5.74. The van der Waals surface area contributed by atoms with E-state index in [0.717, 1.165) is 17.7 Å². The largest absolute Gasteiger partial charge is 0.478 e. The van der Waals surface area contributed by atoms with Crippen LogP contribution in [0.5, 0.6) is 5.75 Å². The number of halogens is 1. The number of benzene rings is 2. The number of nitrogens with one attached hydrogen (secondary N) is 1. The lowest BCUT2D eigenvalue weighted by molar-refractivity contribution is -0.144. The zero-order valence-corrected chi connectivity index (χ0v) is 12.6. The lowest BCUT2D eigenvalue weighted by Crippen LogP contribution is -2.40. The van der Waals surface area contributed by atoms with Gasteiger partial charge in [0.25, 0.3) is 0 Å². The second kappa shape index (κ2) is 8.52. The van der Waals surface area contributed by atoms with E-state index in [1.807, 2.05) is 18.2 Å². The summed E-state index contributed by atoms with van der Waals surface area (Å²) in [6.07, 6.45) is -2.08. The van der Waals surface area contributed by atoms with E-state index in [2.05, 4.69) is 5.32 Å². The summed E-state index contributed by atoms with van der Waals surface area (Å²) in [7, 11) is 0. The van der Waals surface area contributed by atoms with Crippen LogP contribution < -0.4 is 10.1 Å². The van der Waals surface area contributed by atoms with Crippen LogP contribution in [0.15, 0.2) is 54.6 Å². The molecule has 1 atom stereocenters. The van der Waals surface area contributed by atoms with E-state index in [9.17, 15) is 14.0 Å². The van der Waals surface area contributed by atoms with Crippen LogP contribution in [-0.2, 0) is 16.1 Å². The Morgan fingerprint density at radius 2 is 1.75 bits per heavy atom. The van der Waals surface area contributed by atoms with Crippen molar-refractivity contribution in [1.82, 2.24) is 5.32 Å². The molecule has 6 nitrogen and oxygen atoms in total. The van der Waals surface area contributed by atoms with Gasteiger partial charge in [-0.1, -0.05) is 30.3 Å². The molecule has 2 aromatic carbocycles. The highest BCUT2D eigenvalue weighted by Gasteiger charge is 2.20. The van der Waals surface area contributed by atoms with Crippen molar-refractivity contribution in [3.63, 3.8) is 0 Å². The molecule has 7 heteroatoms. The molecule has 0 spiro atoms. The maximum atomic E-state index is 12.8. The minimum absolute atomic E-state index is 0.0726. The Bertz CT molecular complexity index is 675. The molecule has 0 saturated carbocycles. The van der Waals surface area contributed by atoms with Crippen LogP contribution in [0.1, 0.15) is 5.56 Å². The van der Waals surface area contributed by atoms with Gasteiger partial charge in [0.1, 0.15) is 18.2 Å². The molecule has 1 amide bonds. The maximum Gasteiger partial charge on any atom is 0.407 e. The number of amides is 1. The highest BCUT2D eigenvalue weighted by atomic mass is 19.1. The first-order chi connectivity index (χ1) is 11.5. The molecule has 1 unspecified atom stereocenters. The van der Waals surface area contributed by atoms with Gasteiger partial charge in [0.2, 0.25) is 6.10 Å². The molecule has 2 rings (SSSR count). The summed E-state index contributed by atoms with van der Waals surface area (Å²) in [5.41, 5.74) is 0.810. The summed E-state index contributed by atoms with van der Waals surface area (Å²) in [5, 5.41) is 11.4. The molecule has 0 heterocycles. The predicted molar refractivity (Wildman–Crippen MR) is 83.1 cm³/mol. The first-order valence-electron chi connectivity index (χ1n) is 7.14. The number of rotatable bonds is 7. The zero-order valence-electron chi connectivity index (χ0n) is 12.6. The zero-order chi connectivity index (χ0) is 17.4. The number of aliphatic carboxylic acids is 1. The van der Waals surface area contributed by atoms with Crippen molar-refractivity contribution in [3.8, 4) is 5.75 Å². The van der Waals surface area contributed by atoms with Crippen molar-refractivity contribution in [3.05, 3.63) is 66.0 Å². The molecule has 0 saturated heterocycles. The van der Waals surface area contributed by atoms with Crippen molar-refractivity contribution in [2.24, 2.45) is 0 Å². The molecule has 2 N–H and O–H groups in total. The molecule has 0 aromatic heterocycles. The molecular weight excluding hydrogens is 317 g/mol. The van der Waals surface area contributed by atoms with Crippen LogP contribution in [0.4, 0.5) is 9.18 Å². The SMILES string of the molecule is O=C(NCC(Oc1ccc(F)cc1)C(=O)O)OCc1ccccc1. The normalized spacial score (nSPS) is 11.4. The third kappa shape index (κ3) is 5.60. The first-order valence-corrected chi connectivity index (χ1v) is 7.14. The average molecular weight is 333 g/mol. The fourth-order valence-corrected chi connectivity index (χ4v) is 1.81. The smallest absolute Gasteiger partial charge is 0.407 e. The lowest BCUT2D eigenvalue weighted by Gasteiger charge is -2.15. The monoisotopic (exact) mass is 333 g/mol. The lowest BCUT2D eigenvalue weighted by atomic mass is 10.2. The van der Waals surface area contributed by atoms with Gasteiger partial charge in [-0.2, -0.15) is 0 Å². The fraction of sp³-hybridized carbons (Fsp3) is 0.176. The highest BCUT2D eigenvalue weighted by Crippen LogP contribution is 2.13. The Morgan fingerprint density at radius 3 is 2.38 bits per heavy atom. The molecule has 24 heavy (non-hydrogen) atoms. The van der Waals surface area contributed by atoms with Gasteiger partial charge < -0.3 is 19.9 Å². The Hall–Kier alpha value is -3.09. The molecule has 0 aliphatic carbocycles. The minimum atomic E-state index is -1.32. The van der Waals surface area contributed by atoms with Gasteiger partial charge in [-0.15, -0.1) is 0 Å². The van der Waals surface area contributed by atoms with Gasteiger partial charge >= 0.3 is 12.1 Å².